The Kier molecular flexibility index (Phi) is 13.0. The van der Waals surface area contributed by atoms with Crippen molar-refractivity contribution in [3.63, 3.8) is 0 Å². The van der Waals surface area contributed by atoms with E-state index in [-0.39, 0.29) is 47.8 Å². The lowest BCUT2D eigenvalue weighted by Crippen LogP contribution is -2.40. The Hall–Kier alpha value is -2.68. The van der Waals surface area contributed by atoms with Crippen molar-refractivity contribution in [2.75, 3.05) is 13.2 Å². The van der Waals surface area contributed by atoms with E-state index in [2.05, 4.69) is 26.9 Å². The Balaban J connectivity index is 0.000000323. The molecule has 3 aliphatic carbocycles. The fraction of sp³-hybridized carbons (Fsp3) is 0.724. The number of carboxylic acids is 1. The second kappa shape index (κ2) is 15.7. The van der Waals surface area contributed by atoms with E-state index in [9.17, 15) is 24.6 Å². The number of ketones is 1. The van der Waals surface area contributed by atoms with Crippen molar-refractivity contribution in [3.05, 3.63) is 24.0 Å². The first-order chi connectivity index (χ1) is 18.0. The van der Waals surface area contributed by atoms with Gasteiger partial charge in [0.25, 0.3) is 0 Å². The predicted octanol–water partition coefficient (Wildman–Crippen LogP) is 5.26. The Morgan fingerprint density at radius 2 is 1.63 bits per heavy atom. The molecule has 0 heterocycles. The number of carbonyl (C=O) groups excluding carboxylic acids is 2. The van der Waals surface area contributed by atoms with Crippen LogP contribution in [0.3, 0.4) is 0 Å². The molecule has 0 aromatic carbocycles. The lowest BCUT2D eigenvalue weighted by atomic mass is 9.76. The number of ether oxygens (including phenoxy) is 1. The van der Waals surface area contributed by atoms with Gasteiger partial charge in [-0.2, -0.15) is 0 Å². The van der Waals surface area contributed by atoms with Gasteiger partial charge in [0.1, 0.15) is 12.4 Å². The second-order valence-corrected chi connectivity index (χ2v) is 11.4. The smallest absolute Gasteiger partial charge is 0.407 e. The number of amides is 1. The molecule has 2 fully saturated rings. The van der Waals surface area contributed by atoms with Crippen molar-refractivity contribution >= 4 is 23.6 Å². The zero-order valence-corrected chi connectivity index (χ0v) is 23.4. The van der Waals surface area contributed by atoms with Crippen LogP contribution in [-0.2, 0) is 14.3 Å². The highest BCUT2D eigenvalue weighted by molar-refractivity contribution is 6.22. The van der Waals surface area contributed by atoms with Gasteiger partial charge >= 0.3 is 12.1 Å². The van der Waals surface area contributed by atoms with Crippen LogP contribution in [0.1, 0.15) is 97.8 Å². The summed E-state index contributed by atoms with van der Waals surface area (Å²) in [5, 5.41) is 25.5. The second-order valence-electron chi connectivity index (χ2n) is 11.4. The highest BCUT2D eigenvalue weighted by atomic mass is 16.5. The van der Waals surface area contributed by atoms with Crippen molar-refractivity contribution in [1.29, 1.82) is 0 Å². The molecule has 0 unspecified atom stereocenters. The van der Waals surface area contributed by atoms with Crippen LogP contribution in [0.5, 0.6) is 0 Å². The van der Waals surface area contributed by atoms with Gasteiger partial charge in [-0.3, -0.25) is 9.79 Å². The molecule has 3 rings (SSSR count). The van der Waals surface area contributed by atoms with Crippen LogP contribution in [0.25, 0.3) is 0 Å². The van der Waals surface area contributed by atoms with Gasteiger partial charge in [-0.15, -0.1) is 0 Å². The minimum atomic E-state index is -1.31. The minimum Gasteiger partial charge on any atom is -0.511 e. The third kappa shape index (κ3) is 11.0. The number of carbonyl (C=O) groups is 3. The summed E-state index contributed by atoms with van der Waals surface area (Å²) in [5.74, 6) is -1.64. The van der Waals surface area contributed by atoms with Crippen molar-refractivity contribution in [3.8, 4) is 0 Å². The van der Waals surface area contributed by atoms with E-state index in [1.54, 1.807) is 0 Å². The number of hydrogen-bond acceptors (Lipinski definition) is 7. The highest BCUT2D eigenvalue weighted by Crippen LogP contribution is 2.36. The van der Waals surface area contributed by atoms with Crippen molar-refractivity contribution < 1.29 is 29.3 Å². The summed E-state index contributed by atoms with van der Waals surface area (Å²) in [5.41, 5.74) is -0.167. The SMILES string of the molecule is C1CCC(NC2CCCCC2)CC1.C=CCOC(=O)NC[C@H](N=C(C)C1=C(O)CC(C)(C)CC1=O)C(=O)O. The van der Waals surface area contributed by atoms with E-state index in [4.69, 9.17) is 0 Å². The van der Waals surface area contributed by atoms with Gasteiger partial charge in [0, 0.05) is 30.6 Å². The number of allylic oxidation sites excluding steroid dienone is 2. The number of carboxylic acid groups (broad SMARTS) is 1. The van der Waals surface area contributed by atoms with Crippen molar-refractivity contribution in [2.45, 2.75) is 116 Å². The van der Waals surface area contributed by atoms with Crippen molar-refractivity contribution in [1.82, 2.24) is 10.6 Å². The van der Waals surface area contributed by atoms with Crippen LogP contribution in [0.4, 0.5) is 4.79 Å². The third-order valence-corrected chi connectivity index (χ3v) is 7.30. The molecule has 2 saturated carbocycles. The number of rotatable bonds is 9. The maximum atomic E-state index is 12.3. The summed E-state index contributed by atoms with van der Waals surface area (Å²) in [4.78, 5) is 38.9. The quantitative estimate of drug-likeness (QED) is 0.234. The molecule has 0 spiro atoms. The van der Waals surface area contributed by atoms with Crippen LogP contribution < -0.4 is 10.6 Å². The first kappa shape index (κ1) is 31.5. The van der Waals surface area contributed by atoms with E-state index in [0.717, 1.165) is 12.1 Å². The summed E-state index contributed by atoms with van der Waals surface area (Å²) >= 11 is 0. The largest absolute Gasteiger partial charge is 0.511 e. The Labute approximate surface area is 227 Å². The van der Waals surface area contributed by atoms with Gasteiger partial charge < -0.3 is 25.6 Å². The zero-order chi connectivity index (χ0) is 28.1. The third-order valence-electron chi connectivity index (χ3n) is 7.30. The standard InChI is InChI=1S/C17H24N2O6.C12H23N/c1-5-6-25-16(24)18-9-11(15(22)23)19-10(2)14-12(20)7-17(3,4)8-13(14)21;1-3-7-11(8-4-1)13-12-9-5-2-6-10-12/h5,11,20H,1,6-9H2,2-4H3,(H,18,24)(H,22,23);11-13H,1-10H2/t11-;/m0./s1. The topological polar surface area (TPSA) is 137 Å². The molecule has 9 nitrogen and oxygen atoms in total. The molecule has 4 N–H and O–H groups in total. The number of Topliss-reactive ketones (excluding diaryl/α,β-unsaturated/α-hetero) is 1. The fourth-order valence-electron chi connectivity index (χ4n) is 5.42. The molecular formula is C29H47N3O6. The number of aliphatic imine (C=N–C) groups is 1. The number of hydrogen-bond donors (Lipinski definition) is 4. The summed E-state index contributed by atoms with van der Waals surface area (Å²) < 4.78 is 4.69. The molecule has 0 bridgehead atoms. The first-order valence-corrected chi connectivity index (χ1v) is 14.0. The first-order valence-electron chi connectivity index (χ1n) is 14.0. The Morgan fingerprint density at radius 3 is 2.11 bits per heavy atom. The lowest BCUT2D eigenvalue weighted by Gasteiger charge is -2.30. The van der Waals surface area contributed by atoms with Crippen LogP contribution in [0.2, 0.25) is 0 Å². The monoisotopic (exact) mass is 533 g/mol. The molecule has 0 radical (unpaired) electrons. The van der Waals surface area contributed by atoms with Crippen LogP contribution in [0.15, 0.2) is 29.0 Å². The summed E-state index contributed by atoms with van der Waals surface area (Å²) in [6.07, 6.45) is 15.7. The Bertz CT molecular complexity index is 867. The average molecular weight is 534 g/mol. The molecule has 1 amide bonds. The van der Waals surface area contributed by atoms with Gasteiger partial charge in [-0.1, -0.05) is 65.0 Å². The minimum absolute atomic E-state index is 0.00306. The van der Waals surface area contributed by atoms with E-state index in [1.807, 2.05) is 13.8 Å². The number of nitrogens with zero attached hydrogens (tertiary/aromatic N) is 1. The molecule has 0 saturated heterocycles. The summed E-state index contributed by atoms with van der Waals surface area (Å²) in [6, 6.07) is 0.438. The van der Waals surface area contributed by atoms with E-state index in [0.29, 0.717) is 6.42 Å². The van der Waals surface area contributed by atoms with Gasteiger partial charge in [0.15, 0.2) is 11.8 Å². The van der Waals surface area contributed by atoms with Gasteiger partial charge in [0.05, 0.1) is 12.1 Å². The van der Waals surface area contributed by atoms with Gasteiger partial charge in [-0.25, -0.2) is 9.59 Å². The van der Waals surface area contributed by atoms with E-state index < -0.39 is 18.1 Å². The van der Waals surface area contributed by atoms with Crippen LogP contribution in [-0.4, -0.2) is 65.0 Å². The van der Waals surface area contributed by atoms with E-state index >= 15 is 0 Å². The molecule has 214 valence electrons. The molecule has 38 heavy (non-hydrogen) atoms. The molecule has 0 aliphatic heterocycles. The molecule has 0 aromatic heterocycles. The highest BCUT2D eigenvalue weighted by Gasteiger charge is 2.34. The maximum Gasteiger partial charge on any atom is 0.407 e. The predicted molar refractivity (Wildman–Crippen MR) is 149 cm³/mol. The molecule has 1 atom stereocenters. The zero-order valence-electron chi connectivity index (χ0n) is 23.4. The molecular weight excluding hydrogens is 486 g/mol. The molecule has 9 heteroatoms. The van der Waals surface area contributed by atoms with E-state index in [1.165, 1.54) is 77.2 Å². The molecule has 3 aliphatic rings. The number of alkyl carbamates (subject to hydrolysis) is 1. The molecule has 0 aromatic rings. The normalized spacial score (nSPS) is 21.7. The number of nitrogens with one attached hydrogen (secondary N) is 2. The number of aliphatic hydroxyl groups excluding tert-OH is 1. The van der Waals surface area contributed by atoms with Gasteiger partial charge in [-0.05, 0) is 38.0 Å². The average Bonchev–Trinajstić information content (AvgIpc) is 2.85. The summed E-state index contributed by atoms with van der Waals surface area (Å²) in [6.45, 7) is 8.27. The van der Waals surface area contributed by atoms with Crippen LogP contribution in [0, 0.1) is 5.41 Å². The Morgan fingerprint density at radius 1 is 1.08 bits per heavy atom. The van der Waals surface area contributed by atoms with Crippen LogP contribution >= 0.6 is 0 Å². The van der Waals surface area contributed by atoms with Gasteiger partial charge in [0.2, 0.25) is 0 Å². The van der Waals surface area contributed by atoms with Crippen molar-refractivity contribution in [2.24, 2.45) is 10.4 Å². The maximum absolute atomic E-state index is 12.3. The lowest BCUT2D eigenvalue weighted by molar-refractivity contribution is -0.138. The summed E-state index contributed by atoms with van der Waals surface area (Å²) in [7, 11) is 0. The number of aliphatic hydroxyl groups is 1. The fourth-order valence-corrected chi connectivity index (χ4v) is 5.42. The number of aliphatic carboxylic acids is 1.